The number of nitrogens with zero attached hydrogens (tertiary/aromatic N) is 2. The van der Waals surface area contributed by atoms with Gasteiger partial charge in [-0.3, -0.25) is 14.4 Å². The monoisotopic (exact) mass is 350 g/mol. The first-order valence-electron chi connectivity index (χ1n) is 8.66. The van der Waals surface area contributed by atoms with Crippen molar-refractivity contribution in [2.45, 2.75) is 44.9 Å². The molecule has 1 fully saturated rings. The third-order valence-electron chi connectivity index (χ3n) is 3.88. The Morgan fingerprint density at radius 1 is 1.24 bits per heavy atom. The van der Waals surface area contributed by atoms with Crippen LogP contribution in [0.2, 0.25) is 0 Å². The lowest BCUT2D eigenvalue weighted by Crippen LogP contribution is -2.31. The molecule has 8 nitrogen and oxygen atoms in total. The lowest BCUT2D eigenvalue weighted by molar-refractivity contribution is -0.137. The summed E-state index contributed by atoms with van der Waals surface area (Å²) in [6.45, 7) is 2.40. The topological polar surface area (TPSA) is 123 Å². The molecule has 1 heterocycles. The molecule has 0 aromatic carbocycles. The molecule has 0 unspecified atom stereocenters. The summed E-state index contributed by atoms with van der Waals surface area (Å²) in [6, 6.07) is 1.85. The number of hydrogen-bond donors (Lipinski definition) is 3. The molecule has 0 spiro atoms. The van der Waals surface area contributed by atoms with Crippen LogP contribution in [0.1, 0.15) is 44.9 Å². The van der Waals surface area contributed by atoms with Gasteiger partial charge in [-0.1, -0.05) is 6.42 Å². The number of nitriles is 1. The van der Waals surface area contributed by atoms with Gasteiger partial charge < -0.3 is 20.6 Å². The van der Waals surface area contributed by atoms with E-state index in [0.717, 1.165) is 25.8 Å². The summed E-state index contributed by atoms with van der Waals surface area (Å²) < 4.78 is 0. The fourth-order valence-corrected chi connectivity index (χ4v) is 2.51. The van der Waals surface area contributed by atoms with Crippen molar-refractivity contribution in [3.63, 3.8) is 0 Å². The molecule has 0 bridgehead atoms. The molecule has 1 rings (SSSR count). The maximum Gasteiger partial charge on any atom is 0.303 e. The highest BCUT2D eigenvalue weighted by molar-refractivity contribution is 5.97. The summed E-state index contributed by atoms with van der Waals surface area (Å²) in [5.74, 6) is -1.07. The fourth-order valence-electron chi connectivity index (χ4n) is 2.51. The van der Waals surface area contributed by atoms with Crippen molar-refractivity contribution in [2.75, 3.05) is 26.2 Å². The predicted octanol–water partition coefficient (Wildman–Crippen LogP) is 0.757. The second-order valence-electron chi connectivity index (χ2n) is 5.92. The normalized spacial score (nSPS) is 14.3. The second kappa shape index (κ2) is 11.9. The number of aliphatic carboxylic acids is 1. The molecule has 138 valence electrons. The minimum Gasteiger partial charge on any atom is -0.481 e. The summed E-state index contributed by atoms with van der Waals surface area (Å²) >= 11 is 0. The molecule has 0 saturated carbocycles. The second-order valence-corrected chi connectivity index (χ2v) is 5.92. The van der Waals surface area contributed by atoms with Crippen LogP contribution in [0.15, 0.2) is 11.8 Å². The van der Waals surface area contributed by atoms with Crippen molar-refractivity contribution in [1.29, 1.82) is 5.26 Å². The van der Waals surface area contributed by atoms with E-state index >= 15 is 0 Å². The molecule has 0 aliphatic carbocycles. The smallest absolute Gasteiger partial charge is 0.303 e. The zero-order valence-corrected chi connectivity index (χ0v) is 14.4. The summed E-state index contributed by atoms with van der Waals surface area (Å²) in [7, 11) is 0. The van der Waals surface area contributed by atoms with Crippen molar-refractivity contribution >= 4 is 17.8 Å². The molecular weight excluding hydrogens is 324 g/mol. The van der Waals surface area contributed by atoms with Gasteiger partial charge in [0.05, 0.1) is 0 Å². The van der Waals surface area contributed by atoms with Crippen molar-refractivity contribution in [2.24, 2.45) is 0 Å². The van der Waals surface area contributed by atoms with Crippen LogP contribution < -0.4 is 10.6 Å². The van der Waals surface area contributed by atoms with Crippen LogP contribution in [0.5, 0.6) is 0 Å². The average molecular weight is 350 g/mol. The van der Waals surface area contributed by atoms with E-state index in [1.807, 2.05) is 6.07 Å². The molecule has 0 aromatic heterocycles. The van der Waals surface area contributed by atoms with Crippen LogP contribution in [0.25, 0.3) is 0 Å². The molecule has 1 saturated heterocycles. The summed E-state index contributed by atoms with van der Waals surface area (Å²) in [5.41, 5.74) is 0.00258. The average Bonchev–Trinajstić information content (AvgIpc) is 2.99. The van der Waals surface area contributed by atoms with Gasteiger partial charge in [0.25, 0.3) is 5.91 Å². The van der Waals surface area contributed by atoms with Crippen LogP contribution in [-0.4, -0.2) is 54.0 Å². The number of unbranched alkanes of at least 4 members (excludes halogenated alkanes) is 2. The van der Waals surface area contributed by atoms with Crippen molar-refractivity contribution in [3.8, 4) is 6.07 Å². The minimum absolute atomic E-state index is 0.00258. The van der Waals surface area contributed by atoms with Gasteiger partial charge in [0.15, 0.2) is 0 Å². The first-order chi connectivity index (χ1) is 12.0. The number of carboxylic acids is 1. The Morgan fingerprint density at radius 3 is 2.68 bits per heavy atom. The molecular formula is C17H26N4O4. The Hall–Kier alpha value is -2.56. The summed E-state index contributed by atoms with van der Waals surface area (Å²) in [6.07, 6.45) is 5.87. The van der Waals surface area contributed by atoms with Gasteiger partial charge in [-0.2, -0.15) is 5.26 Å². The maximum absolute atomic E-state index is 11.9. The van der Waals surface area contributed by atoms with Gasteiger partial charge in [0.2, 0.25) is 5.91 Å². The number of carboxylic acid groups (broad SMARTS) is 1. The number of nitrogens with one attached hydrogen (secondary N) is 2. The highest BCUT2D eigenvalue weighted by Gasteiger charge is 2.19. The highest BCUT2D eigenvalue weighted by Crippen LogP contribution is 2.09. The zero-order valence-electron chi connectivity index (χ0n) is 14.4. The molecule has 0 atom stereocenters. The Bertz CT molecular complexity index is 539. The van der Waals surface area contributed by atoms with E-state index in [9.17, 15) is 14.4 Å². The third kappa shape index (κ3) is 8.74. The fraction of sp³-hybridized carbons (Fsp3) is 0.647. The quantitative estimate of drug-likeness (QED) is 0.271. The third-order valence-corrected chi connectivity index (χ3v) is 3.88. The Morgan fingerprint density at radius 2 is 2.04 bits per heavy atom. The highest BCUT2D eigenvalue weighted by atomic mass is 16.4. The lowest BCUT2D eigenvalue weighted by atomic mass is 10.2. The van der Waals surface area contributed by atoms with E-state index in [2.05, 4.69) is 10.6 Å². The van der Waals surface area contributed by atoms with Crippen molar-refractivity contribution < 1.29 is 19.5 Å². The van der Waals surface area contributed by atoms with Crippen molar-refractivity contribution in [3.05, 3.63) is 11.8 Å². The van der Waals surface area contributed by atoms with Gasteiger partial charge in [0.1, 0.15) is 11.6 Å². The molecule has 25 heavy (non-hydrogen) atoms. The van der Waals surface area contributed by atoms with Crippen LogP contribution in [0, 0.1) is 11.3 Å². The van der Waals surface area contributed by atoms with Gasteiger partial charge in [0, 0.05) is 45.2 Å². The van der Waals surface area contributed by atoms with Gasteiger partial charge >= 0.3 is 5.97 Å². The number of carbonyl (C=O) groups excluding carboxylic acids is 2. The van der Waals surface area contributed by atoms with Crippen LogP contribution in [-0.2, 0) is 14.4 Å². The molecule has 8 heteroatoms. The van der Waals surface area contributed by atoms with Crippen LogP contribution in [0.4, 0.5) is 0 Å². The zero-order chi connectivity index (χ0) is 18.5. The Kier molecular flexibility index (Phi) is 9.75. The van der Waals surface area contributed by atoms with Gasteiger partial charge in [-0.05, 0) is 25.7 Å². The van der Waals surface area contributed by atoms with E-state index in [0.29, 0.717) is 38.9 Å². The van der Waals surface area contributed by atoms with E-state index in [4.69, 9.17) is 10.4 Å². The SMILES string of the molecule is N#C/C(=C/NCCCCCC(=O)O)C(=O)NCCCN1CCCC1=O. The summed E-state index contributed by atoms with van der Waals surface area (Å²) in [4.78, 5) is 35.5. The minimum atomic E-state index is -0.801. The lowest BCUT2D eigenvalue weighted by Gasteiger charge is -2.15. The van der Waals surface area contributed by atoms with E-state index in [1.165, 1.54) is 6.20 Å². The molecule has 0 radical (unpaired) electrons. The predicted molar refractivity (Wildman–Crippen MR) is 91.2 cm³/mol. The van der Waals surface area contributed by atoms with E-state index in [1.54, 1.807) is 4.90 Å². The Labute approximate surface area is 147 Å². The van der Waals surface area contributed by atoms with Gasteiger partial charge in [-0.15, -0.1) is 0 Å². The van der Waals surface area contributed by atoms with Crippen molar-refractivity contribution in [1.82, 2.24) is 15.5 Å². The molecule has 1 aliphatic heterocycles. The van der Waals surface area contributed by atoms with Gasteiger partial charge in [-0.25, -0.2) is 0 Å². The van der Waals surface area contributed by atoms with E-state index < -0.39 is 11.9 Å². The number of rotatable bonds is 12. The molecule has 1 aliphatic rings. The molecule has 2 amide bonds. The first kappa shape index (κ1) is 20.5. The molecule has 3 N–H and O–H groups in total. The largest absolute Gasteiger partial charge is 0.481 e. The first-order valence-corrected chi connectivity index (χ1v) is 8.66. The number of likely N-dealkylation sites (tertiary alicyclic amines) is 1. The number of carbonyl (C=O) groups is 3. The number of amides is 2. The Balaban J connectivity index is 2.14. The number of hydrogen-bond acceptors (Lipinski definition) is 5. The summed E-state index contributed by atoms with van der Waals surface area (Å²) in [5, 5.41) is 23.1. The molecule has 0 aromatic rings. The maximum atomic E-state index is 11.9. The van der Waals surface area contributed by atoms with E-state index in [-0.39, 0.29) is 17.9 Å². The van der Waals surface area contributed by atoms with Crippen LogP contribution in [0.3, 0.4) is 0 Å². The standard InChI is InChI=1S/C17H26N4O4/c18-12-14(13-19-8-3-1-2-7-16(23)24)17(25)20-9-5-11-21-10-4-6-15(21)22/h13,19H,1-11H2,(H,20,25)(H,23,24)/b14-13-. The van der Waals surface area contributed by atoms with Crippen LogP contribution >= 0.6 is 0 Å².